The summed E-state index contributed by atoms with van der Waals surface area (Å²) in [6.45, 7) is 6.14. The van der Waals surface area contributed by atoms with E-state index in [9.17, 15) is 9.46 Å². The zero-order valence-corrected chi connectivity index (χ0v) is 15.7. The monoisotopic (exact) mass is 363 g/mol. The van der Waals surface area contributed by atoms with Crippen molar-refractivity contribution in [2.75, 3.05) is 65.0 Å². The molecule has 1 unspecified atom stereocenters. The third-order valence-corrected chi connectivity index (χ3v) is 9.76. The van der Waals surface area contributed by atoms with Gasteiger partial charge >= 0.3 is 8.80 Å². The Morgan fingerprint density at radius 3 is 2.04 bits per heavy atom. The summed E-state index contributed by atoms with van der Waals surface area (Å²) < 4.78 is 30.2. The molecule has 4 saturated heterocycles. The van der Waals surface area contributed by atoms with E-state index in [0.29, 0.717) is 25.9 Å². The van der Waals surface area contributed by atoms with Crippen molar-refractivity contribution in [1.82, 2.24) is 9.80 Å². The second-order valence-electron chi connectivity index (χ2n) is 6.68. The van der Waals surface area contributed by atoms with E-state index < -0.39 is 16.2 Å². The van der Waals surface area contributed by atoms with Crippen LogP contribution in [0.3, 0.4) is 0 Å². The van der Waals surface area contributed by atoms with Crippen molar-refractivity contribution >= 4 is 16.2 Å². The van der Waals surface area contributed by atoms with Crippen molar-refractivity contribution in [1.29, 1.82) is 0 Å². The van der Waals surface area contributed by atoms with E-state index in [4.69, 9.17) is 13.3 Å². The van der Waals surface area contributed by atoms with Gasteiger partial charge in [-0.25, -0.2) is 0 Å². The normalized spacial score (nSPS) is 36.0. The van der Waals surface area contributed by atoms with Crippen LogP contribution in [0.4, 0.5) is 0 Å². The molecule has 4 heterocycles. The molecule has 9 heteroatoms. The highest BCUT2D eigenvalue weighted by Crippen LogP contribution is 2.40. The van der Waals surface area contributed by atoms with Gasteiger partial charge in [-0.15, -0.1) is 0 Å². The van der Waals surface area contributed by atoms with Crippen LogP contribution in [-0.2, 0) is 17.8 Å². The average Bonchev–Trinajstić information content (AvgIpc) is 2.45. The summed E-state index contributed by atoms with van der Waals surface area (Å²) in [5.41, 5.74) is 0. The number of hydrogen-bond donors (Lipinski definition) is 0. The Bertz CT molecular complexity index is 409. The smallest absolute Gasteiger partial charge is 0.501 e. The van der Waals surface area contributed by atoms with Crippen molar-refractivity contribution in [2.24, 2.45) is 0 Å². The lowest BCUT2D eigenvalue weighted by Crippen LogP contribution is -2.55. The standard InChI is InChI=1S/C14H29N2O5PSi/c17-22(18,14-16-4-2-1-3-5-16)12-13-23-19-9-6-15(7-10-20-23)8-11-21-23/h1-14H2,(H,17,18)/p-1. The lowest BCUT2D eigenvalue weighted by atomic mass is 10.1. The minimum atomic E-state index is -3.45. The van der Waals surface area contributed by atoms with Gasteiger partial charge < -0.3 is 22.7 Å². The highest BCUT2D eigenvalue weighted by Gasteiger charge is 2.44. The Hall–Kier alpha value is 0.207. The van der Waals surface area contributed by atoms with Crippen molar-refractivity contribution in [3.05, 3.63) is 0 Å². The first-order valence-corrected chi connectivity index (χ1v) is 12.7. The highest BCUT2D eigenvalue weighted by atomic mass is 31.2. The highest BCUT2D eigenvalue weighted by molar-refractivity contribution is 7.56. The SMILES string of the molecule is O=P([O-])(CC[Si]12OCCN(CCO1)CCO2)CN1CCCCC1. The largest absolute Gasteiger partial charge is 0.798 e. The zero-order valence-electron chi connectivity index (χ0n) is 13.8. The van der Waals surface area contributed by atoms with Gasteiger partial charge in [0, 0.05) is 39.3 Å². The molecular formula is C14H28N2O5PSi-. The summed E-state index contributed by atoms with van der Waals surface area (Å²) in [5.74, 6) is 0. The van der Waals surface area contributed by atoms with Crippen LogP contribution in [0.15, 0.2) is 0 Å². The van der Waals surface area contributed by atoms with Gasteiger partial charge in [0.25, 0.3) is 0 Å². The van der Waals surface area contributed by atoms with E-state index in [1.54, 1.807) is 0 Å². The molecule has 4 aliphatic rings. The second-order valence-corrected chi connectivity index (χ2v) is 11.8. The molecule has 0 aromatic carbocycles. The molecule has 23 heavy (non-hydrogen) atoms. The minimum absolute atomic E-state index is 0.124. The van der Waals surface area contributed by atoms with E-state index in [1.165, 1.54) is 6.42 Å². The molecular weight excluding hydrogens is 335 g/mol. The summed E-state index contributed by atoms with van der Waals surface area (Å²) in [6.07, 6.45) is 3.72. The quantitative estimate of drug-likeness (QED) is 0.517. The van der Waals surface area contributed by atoms with Gasteiger partial charge in [-0.2, -0.15) is 0 Å². The zero-order chi connectivity index (χ0) is 16.2. The first kappa shape index (κ1) is 18.0. The predicted octanol–water partition coefficient (Wildman–Crippen LogP) is 0.386. The number of nitrogens with zero attached hydrogens (tertiary/aromatic N) is 2. The van der Waals surface area contributed by atoms with Gasteiger partial charge in [-0.3, -0.25) is 9.80 Å². The van der Waals surface area contributed by atoms with Gasteiger partial charge in [0.1, 0.15) is 0 Å². The van der Waals surface area contributed by atoms with Gasteiger partial charge in [0.05, 0.1) is 19.8 Å². The molecule has 4 fully saturated rings. The molecule has 0 spiro atoms. The van der Waals surface area contributed by atoms with Crippen LogP contribution >= 0.6 is 7.37 Å². The van der Waals surface area contributed by atoms with Crippen molar-refractivity contribution in [3.63, 3.8) is 0 Å². The maximum Gasteiger partial charge on any atom is 0.501 e. The molecule has 0 aromatic rings. The first-order valence-electron chi connectivity index (χ1n) is 8.73. The number of rotatable bonds is 5. The van der Waals surface area contributed by atoms with Crippen LogP contribution in [-0.4, -0.2) is 83.6 Å². The van der Waals surface area contributed by atoms with Gasteiger partial charge in [0.15, 0.2) is 0 Å². The summed E-state index contributed by atoms with van der Waals surface area (Å²) in [6, 6.07) is 0.390. The fourth-order valence-electron chi connectivity index (χ4n) is 3.45. The Kier molecular flexibility index (Phi) is 6.31. The van der Waals surface area contributed by atoms with Crippen molar-refractivity contribution < 1.29 is 22.7 Å². The maximum atomic E-state index is 12.5. The second kappa shape index (κ2) is 8.06. The van der Waals surface area contributed by atoms with E-state index in [-0.39, 0.29) is 12.4 Å². The number of likely N-dealkylation sites (tertiary alicyclic amines) is 1. The number of fused-ring (bicyclic) bond motifs is 6. The molecule has 4 aliphatic heterocycles. The summed E-state index contributed by atoms with van der Waals surface area (Å²) >= 11 is 0. The Morgan fingerprint density at radius 1 is 0.913 bits per heavy atom. The predicted molar refractivity (Wildman–Crippen MR) is 87.6 cm³/mol. The van der Waals surface area contributed by atoms with Crippen molar-refractivity contribution in [3.8, 4) is 0 Å². The maximum absolute atomic E-state index is 12.5. The number of hydrogen-bond acceptors (Lipinski definition) is 7. The summed E-state index contributed by atoms with van der Waals surface area (Å²) in [4.78, 5) is 16.8. The fraction of sp³-hybridized carbons (Fsp3) is 1.00. The van der Waals surface area contributed by atoms with Gasteiger partial charge in [-0.05, 0) is 32.1 Å². The lowest BCUT2D eigenvalue weighted by Gasteiger charge is -2.39. The molecule has 0 aromatic heterocycles. The Balaban J connectivity index is 1.54. The molecule has 0 amide bonds. The van der Waals surface area contributed by atoms with Crippen LogP contribution in [0, 0.1) is 0 Å². The molecule has 134 valence electrons. The molecule has 1 atom stereocenters. The minimum Gasteiger partial charge on any atom is -0.798 e. The van der Waals surface area contributed by atoms with E-state index in [2.05, 4.69) is 9.80 Å². The van der Waals surface area contributed by atoms with Gasteiger partial charge in [-0.1, -0.05) is 6.42 Å². The van der Waals surface area contributed by atoms with Crippen molar-refractivity contribution in [2.45, 2.75) is 25.3 Å². The summed E-state index contributed by atoms with van der Waals surface area (Å²) in [5, 5.41) is 0. The number of piperidine rings is 1. The molecule has 2 bridgehead atoms. The van der Waals surface area contributed by atoms with E-state index >= 15 is 0 Å². The molecule has 7 nitrogen and oxygen atoms in total. The Morgan fingerprint density at radius 2 is 1.48 bits per heavy atom. The Labute approximate surface area is 139 Å². The fourth-order valence-corrected chi connectivity index (χ4v) is 8.83. The molecule has 4 rings (SSSR count). The van der Waals surface area contributed by atoms with E-state index in [0.717, 1.165) is 45.6 Å². The average molecular weight is 363 g/mol. The van der Waals surface area contributed by atoms with Crippen LogP contribution in [0.1, 0.15) is 19.3 Å². The van der Waals surface area contributed by atoms with Crippen LogP contribution in [0.25, 0.3) is 0 Å². The first-order chi connectivity index (χ1) is 11.1. The van der Waals surface area contributed by atoms with Gasteiger partial charge in [0.2, 0.25) is 0 Å². The topological polar surface area (TPSA) is 74.3 Å². The summed E-state index contributed by atoms with van der Waals surface area (Å²) in [7, 11) is -6.27. The molecule has 0 saturated carbocycles. The molecule has 0 aliphatic carbocycles. The van der Waals surface area contributed by atoms with Crippen LogP contribution < -0.4 is 4.89 Å². The van der Waals surface area contributed by atoms with Crippen LogP contribution in [0.2, 0.25) is 6.04 Å². The van der Waals surface area contributed by atoms with Crippen LogP contribution in [0.5, 0.6) is 0 Å². The third-order valence-electron chi connectivity index (χ3n) is 4.81. The van der Waals surface area contributed by atoms with E-state index in [1.807, 2.05) is 0 Å². The molecule has 0 radical (unpaired) electrons. The third kappa shape index (κ3) is 5.34. The lowest BCUT2D eigenvalue weighted by molar-refractivity contribution is -0.177. The molecule has 0 N–H and O–H groups in total.